The fourth-order valence-electron chi connectivity index (χ4n) is 8.59. The minimum Gasteiger partial charge on any atom is -0.0615 e. The Morgan fingerprint density at radius 3 is 1.36 bits per heavy atom. The first-order valence-corrected chi connectivity index (χ1v) is 21.3. The van der Waals surface area contributed by atoms with Gasteiger partial charge in [0.2, 0.25) is 0 Å². The van der Waals surface area contributed by atoms with Gasteiger partial charge in [-0.1, -0.05) is 36.4 Å². The van der Waals surface area contributed by atoms with Crippen molar-refractivity contribution in [2.24, 2.45) is 0 Å². The molecule has 0 aliphatic heterocycles. The molecule has 56 heavy (non-hydrogen) atoms. The van der Waals surface area contributed by atoms with Crippen molar-refractivity contribution in [3.8, 4) is 45.3 Å². The van der Waals surface area contributed by atoms with Gasteiger partial charge in [-0.15, -0.1) is 0 Å². The first-order chi connectivity index (χ1) is 27.8. The molecule has 0 radical (unpaired) electrons. The number of hydrogen-bond acceptors (Lipinski definition) is 4. The van der Waals surface area contributed by atoms with Crippen LogP contribution in [0.1, 0.15) is 0 Å². The van der Waals surface area contributed by atoms with E-state index >= 15 is 0 Å². The molecule has 0 bridgehead atoms. The fraction of sp³-hybridized carbons (Fsp3) is 0. The summed E-state index contributed by atoms with van der Waals surface area (Å²) in [5.41, 5.74) is 6.69. The van der Waals surface area contributed by atoms with Crippen LogP contribution < -0.4 is 20.7 Å². The van der Waals surface area contributed by atoms with Gasteiger partial charge >= 0.3 is 291 Å². The fourth-order valence-corrected chi connectivity index (χ4v) is 14.3. The summed E-state index contributed by atoms with van der Waals surface area (Å²) in [5.74, 6) is 1.85. The predicted octanol–water partition coefficient (Wildman–Crippen LogP) is 9.55. The van der Waals surface area contributed by atoms with Gasteiger partial charge < -0.3 is 0 Å². The van der Waals surface area contributed by atoms with Crippen LogP contribution in [0.25, 0.3) is 67.2 Å². The van der Waals surface area contributed by atoms with Crippen LogP contribution in [-0.2, 0) is 0 Å². The van der Waals surface area contributed by atoms with E-state index in [1.54, 1.807) is 0 Å². The van der Waals surface area contributed by atoms with Crippen LogP contribution in [0.4, 0.5) is 0 Å². The second kappa shape index (κ2) is 14.2. The molecule has 8 aromatic carbocycles. The molecule has 266 valence electrons. The van der Waals surface area contributed by atoms with Crippen LogP contribution in [0.3, 0.4) is 0 Å². The number of furan rings is 1. The van der Waals surface area contributed by atoms with Gasteiger partial charge in [0.05, 0.1) is 0 Å². The Balaban J connectivity index is 1.22. The number of fused-ring (bicyclic) bond motifs is 3. The third-order valence-corrected chi connectivity index (χ3v) is 16.7. The average Bonchev–Trinajstić information content (AvgIpc) is 3.67. The third-order valence-electron chi connectivity index (χ3n) is 11.1. The van der Waals surface area contributed by atoms with Crippen molar-refractivity contribution in [3.05, 3.63) is 212 Å². The second-order valence-electron chi connectivity index (χ2n) is 14.2. The van der Waals surface area contributed by atoms with Crippen molar-refractivity contribution in [2.75, 3.05) is 0 Å². The molecule has 10 rings (SSSR count). The van der Waals surface area contributed by atoms with Gasteiger partial charge in [0, 0.05) is 0 Å². The molecule has 0 fully saturated rings. The van der Waals surface area contributed by atoms with Crippen molar-refractivity contribution in [3.63, 3.8) is 0 Å². The van der Waals surface area contributed by atoms with E-state index in [2.05, 4.69) is 140 Å². The van der Waals surface area contributed by atoms with Crippen LogP contribution >= 0.6 is 0 Å². The van der Waals surface area contributed by atoms with E-state index in [9.17, 15) is 0 Å². The maximum atomic E-state index is 6.58. The van der Waals surface area contributed by atoms with Crippen molar-refractivity contribution in [1.82, 2.24) is 15.0 Å². The molecule has 0 spiro atoms. The number of benzene rings is 8. The molecular formula is C51H36N3OSi-. The zero-order valence-electron chi connectivity index (χ0n) is 30.5. The molecule has 0 aliphatic carbocycles. The molecule has 0 unspecified atom stereocenters. The van der Waals surface area contributed by atoms with Crippen LogP contribution in [0.15, 0.2) is 217 Å². The maximum absolute atomic E-state index is 6.58. The number of aromatic nitrogens is 3. The topological polar surface area (TPSA) is 51.8 Å². The van der Waals surface area contributed by atoms with Crippen molar-refractivity contribution in [2.45, 2.75) is 0 Å². The molecule has 2 heterocycles. The van der Waals surface area contributed by atoms with Crippen molar-refractivity contribution < 1.29 is 4.42 Å². The summed E-state index contributed by atoms with van der Waals surface area (Å²) in [5, 5.41) is 7.43. The zero-order chi connectivity index (χ0) is 37.3. The quantitative estimate of drug-likeness (QED) is 0.115. The molecular weight excluding hydrogens is 699 g/mol. The average molecular weight is 735 g/mol. The molecule has 0 atom stereocenters. The first-order valence-electron chi connectivity index (χ1n) is 19.0. The molecule has 0 saturated heterocycles. The van der Waals surface area contributed by atoms with Crippen LogP contribution in [0.2, 0.25) is 0 Å². The van der Waals surface area contributed by atoms with E-state index in [1.807, 2.05) is 72.8 Å². The van der Waals surface area contributed by atoms with E-state index < -0.39 is 8.07 Å². The van der Waals surface area contributed by atoms with Gasteiger partial charge in [-0.25, -0.2) is 0 Å². The Kier molecular flexibility index (Phi) is 8.47. The van der Waals surface area contributed by atoms with E-state index in [1.165, 1.54) is 26.3 Å². The summed E-state index contributed by atoms with van der Waals surface area (Å²) >= 11 is 0. The van der Waals surface area contributed by atoms with Crippen LogP contribution in [0, 0.1) is 0 Å². The predicted molar refractivity (Wildman–Crippen MR) is 234 cm³/mol. The summed E-state index contributed by atoms with van der Waals surface area (Å²) in [4.78, 5) is 15.2. The second-order valence-corrected chi connectivity index (χ2v) is 18.6. The van der Waals surface area contributed by atoms with Gasteiger partial charge in [-0.05, 0) is 0 Å². The Hall–Kier alpha value is -7.21. The Labute approximate surface area is 326 Å². The Morgan fingerprint density at radius 2 is 0.804 bits per heavy atom. The van der Waals surface area contributed by atoms with Gasteiger partial charge in [0.1, 0.15) is 0 Å². The normalized spacial score (nSPS) is 11.9. The summed E-state index contributed by atoms with van der Waals surface area (Å²) < 4.78 is 6.58. The minimum absolute atomic E-state index is 0.599. The summed E-state index contributed by atoms with van der Waals surface area (Å²) in [7, 11) is -3.27. The van der Waals surface area contributed by atoms with Crippen molar-refractivity contribution >= 4 is 50.8 Å². The molecule has 2 aromatic heterocycles. The summed E-state index contributed by atoms with van der Waals surface area (Å²) in [6.45, 7) is 0. The van der Waals surface area contributed by atoms with E-state index in [-0.39, 0.29) is 0 Å². The summed E-state index contributed by atoms with van der Waals surface area (Å²) in [6.07, 6.45) is 0. The summed E-state index contributed by atoms with van der Waals surface area (Å²) in [6, 6.07) is 75.3. The van der Waals surface area contributed by atoms with Gasteiger partial charge in [-0.3, -0.25) is 0 Å². The molecule has 0 aliphatic rings. The van der Waals surface area contributed by atoms with Crippen LogP contribution in [0.5, 0.6) is 0 Å². The van der Waals surface area contributed by atoms with Crippen LogP contribution in [-0.4, -0.2) is 23.0 Å². The monoisotopic (exact) mass is 734 g/mol. The van der Waals surface area contributed by atoms with E-state index in [4.69, 9.17) is 19.4 Å². The Morgan fingerprint density at radius 1 is 0.339 bits per heavy atom. The molecule has 10 aromatic rings. The molecule has 0 saturated carbocycles. The van der Waals surface area contributed by atoms with E-state index in [0.717, 1.165) is 44.2 Å². The molecule has 5 heteroatoms. The SMILES string of the molecule is c1ccc(-c2nc(-c3ccccc3)nc(-c3cccc4oc5ccc(-c6ccccc6[SiH-](c6ccccc6)(c6ccccc6)c6ccccc6)cc5c34)n2)cc1. The van der Waals surface area contributed by atoms with Gasteiger partial charge in [0.25, 0.3) is 0 Å². The molecule has 4 nitrogen and oxygen atoms in total. The molecule has 0 N–H and O–H groups in total. The smallest absolute Gasteiger partial charge is 0.0615 e. The third kappa shape index (κ3) is 5.73. The Bertz CT molecular complexity index is 2800. The van der Waals surface area contributed by atoms with E-state index in [0.29, 0.717) is 17.5 Å². The first kappa shape index (κ1) is 33.4. The minimum atomic E-state index is -3.27. The standard InChI is InChI=1S/C51H36N3OSi/c1-6-19-36(20-7-1)49-52-50(37-21-8-2-9-22-37)54-51(53-49)43-30-18-31-46-48(43)44-35-38(33-34-45(44)55-46)42-29-16-17-32-47(42)56(39-23-10-3-11-24-39,40-25-12-4-13-26-40)41-27-14-5-15-28-41/h1-35,56H/q-1. The number of rotatable bonds is 8. The van der Waals surface area contributed by atoms with Gasteiger partial charge in [-0.2, -0.15) is 0 Å². The number of nitrogens with zero attached hydrogens (tertiary/aromatic N) is 3. The number of hydrogen-bond donors (Lipinski definition) is 0. The van der Waals surface area contributed by atoms with Gasteiger partial charge in [0.15, 0.2) is 0 Å². The molecule has 0 amide bonds. The zero-order valence-corrected chi connectivity index (χ0v) is 31.7. The van der Waals surface area contributed by atoms with Crippen molar-refractivity contribution in [1.29, 1.82) is 0 Å².